The number of rotatable bonds is 7. The van der Waals surface area contributed by atoms with Gasteiger partial charge in [0.2, 0.25) is 0 Å². The molecule has 2 aromatic heterocycles. The molecule has 1 saturated heterocycles. The molecule has 1 aliphatic rings. The number of hydrogen-bond donors (Lipinski definition) is 1. The van der Waals surface area contributed by atoms with Crippen LogP contribution in [0.4, 0.5) is 11.5 Å². The summed E-state index contributed by atoms with van der Waals surface area (Å²) in [5, 5.41) is 4.23. The monoisotopic (exact) mass is 489 g/mol. The summed E-state index contributed by atoms with van der Waals surface area (Å²) in [6.45, 7) is 12.5. The molecule has 0 unspecified atom stereocenters. The number of hydrogen-bond acceptors (Lipinski definition) is 6. The van der Waals surface area contributed by atoms with Gasteiger partial charge in [-0.1, -0.05) is 30.7 Å². The Morgan fingerprint density at radius 3 is 2.49 bits per heavy atom. The summed E-state index contributed by atoms with van der Waals surface area (Å²) in [4.78, 5) is 19.0. The lowest BCUT2D eigenvalue weighted by molar-refractivity contribution is 0.267. The largest absolute Gasteiger partial charge is 0.369 e. The molecule has 35 heavy (non-hydrogen) atoms. The molecule has 0 atom stereocenters. The lowest BCUT2D eigenvalue weighted by atomic mass is 10.1. The number of benzene rings is 2. The zero-order chi connectivity index (χ0) is 24.4. The maximum Gasteiger partial charge on any atom is 0.170 e. The van der Waals surface area contributed by atoms with Gasteiger partial charge >= 0.3 is 0 Å². The first-order valence-corrected chi connectivity index (χ1v) is 12.7. The fourth-order valence-electron chi connectivity index (χ4n) is 4.79. The molecule has 0 spiro atoms. The van der Waals surface area contributed by atoms with E-state index in [9.17, 15) is 0 Å². The van der Waals surface area contributed by atoms with Crippen LogP contribution in [0.25, 0.3) is 16.9 Å². The Hall–Kier alpha value is -3.16. The molecule has 1 fully saturated rings. The highest BCUT2D eigenvalue weighted by molar-refractivity contribution is 6.30. The molecule has 4 aromatic rings. The lowest BCUT2D eigenvalue weighted by Gasteiger charge is -2.37. The second-order valence-corrected chi connectivity index (χ2v) is 9.50. The molecular weight excluding hydrogens is 458 g/mol. The molecular formula is C27H32ClN7. The third-order valence-electron chi connectivity index (χ3n) is 6.92. The average Bonchev–Trinajstić information content (AvgIpc) is 3.26. The summed E-state index contributed by atoms with van der Waals surface area (Å²) >= 11 is 6.10. The zero-order valence-electron chi connectivity index (χ0n) is 20.6. The van der Waals surface area contributed by atoms with Crippen molar-refractivity contribution in [2.45, 2.75) is 27.2 Å². The highest BCUT2D eigenvalue weighted by atomic mass is 35.5. The highest BCUT2D eigenvalue weighted by Crippen LogP contribution is 2.26. The Morgan fingerprint density at radius 1 is 0.971 bits per heavy atom. The van der Waals surface area contributed by atoms with Crippen LogP contribution in [0, 0.1) is 13.8 Å². The van der Waals surface area contributed by atoms with Crippen LogP contribution in [0.3, 0.4) is 0 Å². The predicted molar refractivity (Wildman–Crippen MR) is 144 cm³/mol. The van der Waals surface area contributed by atoms with Gasteiger partial charge in [0.25, 0.3) is 0 Å². The van der Waals surface area contributed by atoms with Crippen molar-refractivity contribution in [3.8, 4) is 5.69 Å². The van der Waals surface area contributed by atoms with E-state index >= 15 is 0 Å². The topological polar surface area (TPSA) is 62.1 Å². The van der Waals surface area contributed by atoms with Crippen molar-refractivity contribution in [3.05, 3.63) is 70.8 Å². The number of anilines is 2. The molecule has 5 rings (SSSR count). The summed E-state index contributed by atoms with van der Waals surface area (Å²) in [5.74, 6) is 1.74. The van der Waals surface area contributed by atoms with Crippen LogP contribution in [-0.4, -0.2) is 63.7 Å². The molecule has 0 saturated carbocycles. The van der Waals surface area contributed by atoms with Crippen LogP contribution in [0.2, 0.25) is 5.02 Å². The fourth-order valence-corrected chi connectivity index (χ4v) is 4.91. The van der Waals surface area contributed by atoms with E-state index in [4.69, 9.17) is 16.6 Å². The van der Waals surface area contributed by atoms with Gasteiger partial charge in [0.15, 0.2) is 17.0 Å². The summed E-state index contributed by atoms with van der Waals surface area (Å²) in [6, 6.07) is 14.4. The first kappa shape index (κ1) is 23.6. The summed E-state index contributed by atoms with van der Waals surface area (Å²) in [7, 11) is 0. The standard InChI is InChI=1S/C27H32ClN7/c1-4-24-32-25-26(30-18-31-27(25)35(24)22-10-8-21(28)9-11-22)29-12-13-33-14-16-34(17-15-33)23-7-5-6-19(2)20(23)3/h5-11,18H,4,12-17H2,1-3H3,(H,29,30,31). The number of nitrogens with zero attached hydrogens (tertiary/aromatic N) is 6. The fraction of sp³-hybridized carbons (Fsp3) is 0.370. The molecule has 8 heteroatoms. The Morgan fingerprint density at radius 2 is 1.74 bits per heavy atom. The zero-order valence-corrected chi connectivity index (χ0v) is 21.4. The second-order valence-electron chi connectivity index (χ2n) is 9.06. The van der Waals surface area contributed by atoms with E-state index in [-0.39, 0.29) is 0 Å². The smallest absolute Gasteiger partial charge is 0.170 e. The van der Waals surface area contributed by atoms with Crippen molar-refractivity contribution in [1.29, 1.82) is 0 Å². The third-order valence-corrected chi connectivity index (χ3v) is 7.18. The second kappa shape index (κ2) is 10.2. The van der Waals surface area contributed by atoms with Crippen molar-refractivity contribution < 1.29 is 0 Å². The van der Waals surface area contributed by atoms with Gasteiger partial charge in [0.1, 0.15) is 12.2 Å². The maximum atomic E-state index is 6.10. The molecule has 3 heterocycles. The van der Waals surface area contributed by atoms with E-state index in [0.717, 1.165) is 74.2 Å². The Kier molecular flexibility index (Phi) is 6.88. The van der Waals surface area contributed by atoms with Crippen LogP contribution >= 0.6 is 11.6 Å². The highest BCUT2D eigenvalue weighted by Gasteiger charge is 2.20. The molecule has 1 aliphatic heterocycles. The third kappa shape index (κ3) is 4.83. The molecule has 2 aromatic carbocycles. The van der Waals surface area contributed by atoms with E-state index in [2.05, 4.69) is 68.6 Å². The van der Waals surface area contributed by atoms with Crippen molar-refractivity contribution in [2.75, 3.05) is 49.5 Å². The normalized spacial score (nSPS) is 14.6. The first-order valence-electron chi connectivity index (χ1n) is 12.3. The lowest BCUT2D eigenvalue weighted by Crippen LogP contribution is -2.47. The van der Waals surface area contributed by atoms with Crippen LogP contribution < -0.4 is 10.2 Å². The molecule has 0 bridgehead atoms. The van der Waals surface area contributed by atoms with Gasteiger partial charge in [-0.25, -0.2) is 15.0 Å². The SMILES string of the molecule is CCc1nc2c(NCCN3CCN(c4cccc(C)c4C)CC3)ncnc2n1-c1ccc(Cl)cc1. The molecule has 0 amide bonds. The quantitative estimate of drug-likeness (QED) is 0.399. The number of aryl methyl sites for hydroxylation is 2. The first-order chi connectivity index (χ1) is 17.0. The minimum atomic E-state index is 0.711. The minimum Gasteiger partial charge on any atom is -0.369 e. The van der Waals surface area contributed by atoms with Crippen molar-refractivity contribution in [1.82, 2.24) is 24.4 Å². The minimum absolute atomic E-state index is 0.711. The number of piperazine rings is 1. The van der Waals surface area contributed by atoms with Gasteiger partial charge in [-0.15, -0.1) is 0 Å². The molecule has 1 N–H and O–H groups in total. The van der Waals surface area contributed by atoms with Crippen LogP contribution in [-0.2, 0) is 6.42 Å². The van der Waals surface area contributed by atoms with E-state index in [0.29, 0.717) is 5.02 Å². The number of aromatic nitrogens is 4. The summed E-state index contributed by atoms with van der Waals surface area (Å²) in [6.07, 6.45) is 2.41. The van der Waals surface area contributed by atoms with Gasteiger partial charge in [-0.2, -0.15) is 0 Å². The molecule has 7 nitrogen and oxygen atoms in total. The van der Waals surface area contributed by atoms with Crippen molar-refractivity contribution >= 4 is 34.3 Å². The van der Waals surface area contributed by atoms with Crippen molar-refractivity contribution in [3.63, 3.8) is 0 Å². The Balaban J connectivity index is 1.24. The Bertz CT molecular complexity index is 1310. The van der Waals surface area contributed by atoms with Gasteiger partial charge in [0.05, 0.1) is 0 Å². The van der Waals surface area contributed by atoms with Gasteiger partial charge in [-0.3, -0.25) is 9.47 Å². The average molecular weight is 490 g/mol. The van der Waals surface area contributed by atoms with Crippen LogP contribution in [0.5, 0.6) is 0 Å². The molecule has 0 radical (unpaired) electrons. The van der Waals surface area contributed by atoms with Gasteiger partial charge in [0, 0.05) is 62.1 Å². The van der Waals surface area contributed by atoms with E-state index in [1.165, 1.54) is 16.8 Å². The van der Waals surface area contributed by atoms with Crippen LogP contribution in [0.15, 0.2) is 48.8 Å². The van der Waals surface area contributed by atoms with Crippen LogP contribution in [0.1, 0.15) is 23.9 Å². The van der Waals surface area contributed by atoms with E-state index < -0.39 is 0 Å². The summed E-state index contributed by atoms with van der Waals surface area (Å²) < 4.78 is 2.09. The Labute approximate surface area is 211 Å². The summed E-state index contributed by atoms with van der Waals surface area (Å²) in [5.41, 5.74) is 6.73. The van der Waals surface area contributed by atoms with E-state index in [1.807, 2.05) is 24.3 Å². The van der Waals surface area contributed by atoms with Gasteiger partial charge in [-0.05, 0) is 55.3 Å². The number of imidazole rings is 1. The molecule has 0 aliphatic carbocycles. The van der Waals surface area contributed by atoms with Crippen molar-refractivity contribution in [2.24, 2.45) is 0 Å². The van der Waals surface area contributed by atoms with E-state index in [1.54, 1.807) is 6.33 Å². The number of nitrogens with one attached hydrogen (secondary N) is 1. The number of halogens is 1. The molecule has 182 valence electrons. The predicted octanol–water partition coefficient (Wildman–Crippen LogP) is 4.88. The number of fused-ring (bicyclic) bond motifs is 1. The van der Waals surface area contributed by atoms with Gasteiger partial charge < -0.3 is 10.2 Å². The maximum absolute atomic E-state index is 6.10.